The number of phenols is 1. The molecule has 2 aromatic carbocycles. The maximum Gasteiger partial charge on any atom is 0.309 e. The molecule has 1 fully saturated rings. The Kier molecular flexibility index (Phi) is 6.67. The molecule has 0 unspecified atom stereocenters. The van der Waals surface area contributed by atoms with E-state index in [1.807, 2.05) is 31.2 Å². The first-order chi connectivity index (χ1) is 15.4. The van der Waals surface area contributed by atoms with Gasteiger partial charge in [0.05, 0.1) is 29.0 Å². The summed E-state index contributed by atoms with van der Waals surface area (Å²) in [5.74, 6) is 0.393. The van der Waals surface area contributed by atoms with Gasteiger partial charge < -0.3 is 14.3 Å². The van der Waals surface area contributed by atoms with Crippen molar-refractivity contribution >= 4 is 32.9 Å². The van der Waals surface area contributed by atoms with Gasteiger partial charge in [0.2, 0.25) is 5.43 Å². The normalized spacial score (nSPS) is 15.2. The molecule has 0 radical (unpaired) electrons. The third-order valence-electron chi connectivity index (χ3n) is 6.04. The zero-order valence-electron chi connectivity index (χ0n) is 18.2. The van der Waals surface area contributed by atoms with E-state index in [-0.39, 0.29) is 23.1 Å². The lowest BCUT2D eigenvalue weighted by molar-refractivity contribution is -0.149. The molecule has 0 amide bonds. The fraction of sp³-hybridized carbons (Fsp3) is 0.360. The number of aromatic hydroxyl groups is 1. The van der Waals surface area contributed by atoms with Crippen LogP contribution in [0.1, 0.15) is 31.1 Å². The molecular formula is C25H26BrNO5. The summed E-state index contributed by atoms with van der Waals surface area (Å²) in [5.41, 5.74) is 2.21. The van der Waals surface area contributed by atoms with Crippen molar-refractivity contribution in [3.8, 4) is 16.9 Å². The summed E-state index contributed by atoms with van der Waals surface area (Å²) in [6.45, 7) is 5.84. The molecule has 1 aliphatic rings. The summed E-state index contributed by atoms with van der Waals surface area (Å²) < 4.78 is 12.2. The van der Waals surface area contributed by atoms with Crippen molar-refractivity contribution in [2.45, 2.75) is 33.2 Å². The Balaban J connectivity index is 1.65. The Morgan fingerprint density at radius 3 is 2.53 bits per heavy atom. The molecule has 7 heteroatoms. The van der Waals surface area contributed by atoms with Crippen molar-refractivity contribution in [3.63, 3.8) is 0 Å². The predicted octanol–water partition coefficient (Wildman–Crippen LogP) is 5.01. The monoisotopic (exact) mass is 499 g/mol. The number of rotatable bonds is 5. The Hall–Kier alpha value is -2.64. The largest absolute Gasteiger partial charge is 0.507 e. The van der Waals surface area contributed by atoms with E-state index in [2.05, 4.69) is 20.8 Å². The van der Waals surface area contributed by atoms with Crippen LogP contribution in [-0.4, -0.2) is 35.7 Å². The second kappa shape index (κ2) is 9.46. The lowest BCUT2D eigenvalue weighted by Crippen LogP contribution is -2.36. The van der Waals surface area contributed by atoms with Crippen molar-refractivity contribution < 1.29 is 19.1 Å². The number of aryl methyl sites for hydroxylation is 1. The summed E-state index contributed by atoms with van der Waals surface area (Å²) in [7, 11) is 0. The summed E-state index contributed by atoms with van der Waals surface area (Å²) in [6, 6.07) is 10.7. The average Bonchev–Trinajstić information content (AvgIpc) is 2.78. The number of carbonyl (C=O) groups is 1. The van der Waals surface area contributed by atoms with Gasteiger partial charge in [0.25, 0.3) is 0 Å². The van der Waals surface area contributed by atoms with E-state index >= 15 is 0 Å². The fourth-order valence-corrected chi connectivity index (χ4v) is 4.59. The molecular weight excluding hydrogens is 474 g/mol. The second-order valence-corrected chi connectivity index (χ2v) is 9.03. The third-order valence-corrected chi connectivity index (χ3v) is 6.57. The number of benzene rings is 2. The van der Waals surface area contributed by atoms with Crippen LogP contribution >= 0.6 is 15.9 Å². The van der Waals surface area contributed by atoms with Crippen LogP contribution in [0.15, 0.2) is 50.1 Å². The smallest absolute Gasteiger partial charge is 0.309 e. The number of ether oxygens (including phenoxy) is 1. The molecule has 4 rings (SSSR count). The van der Waals surface area contributed by atoms with Gasteiger partial charge in [0.1, 0.15) is 17.1 Å². The van der Waals surface area contributed by atoms with Gasteiger partial charge in [0.15, 0.2) is 0 Å². The van der Waals surface area contributed by atoms with Gasteiger partial charge in [-0.25, -0.2) is 0 Å². The van der Waals surface area contributed by atoms with E-state index in [0.717, 1.165) is 10.0 Å². The highest BCUT2D eigenvalue weighted by Gasteiger charge is 2.27. The molecule has 1 aromatic heterocycles. The standard InChI is InChI=1S/C25H26BrNO5/c1-3-31-25(30)17-10-12-27(13-11-17)14-20-21(28)9-8-19-23(29)22(15(2)32-24(19)20)16-4-6-18(26)7-5-16/h4-9,17,28H,3,10-14H2,1-2H3. The highest BCUT2D eigenvalue weighted by molar-refractivity contribution is 9.10. The zero-order valence-corrected chi connectivity index (χ0v) is 19.8. The Bertz CT molecular complexity index is 1190. The van der Waals surface area contributed by atoms with Crippen LogP contribution in [0.4, 0.5) is 0 Å². The topological polar surface area (TPSA) is 80.0 Å². The number of likely N-dealkylation sites (tertiary alicyclic amines) is 1. The van der Waals surface area contributed by atoms with E-state index in [0.29, 0.717) is 66.9 Å². The number of halogens is 1. The van der Waals surface area contributed by atoms with Crippen molar-refractivity contribution in [2.24, 2.45) is 5.92 Å². The van der Waals surface area contributed by atoms with Gasteiger partial charge in [-0.2, -0.15) is 0 Å². The van der Waals surface area contributed by atoms with Crippen LogP contribution in [-0.2, 0) is 16.1 Å². The van der Waals surface area contributed by atoms with E-state index in [4.69, 9.17) is 9.15 Å². The van der Waals surface area contributed by atoms with Gasteiger partial charge >= 0.3 is 5.97 Å². The van der Waals surface area contributed by atoms with Gasteiger partial charge in [-0.05, 0) is 69.6 Å². The molecule has 0 bridgehead atoms. The van der Waals surface area contributed by atoms with Crippen molar-refractivity contribution in [1.29, 1.82) is 0 Å². The second-order valence-electron chi connectivity index (χ2n) is 8.11. The van der Waals surface area contributed by atoms with E-state index in [9.17, 15) is 14.7 Å². The SMILES string of the molecule is CCOC(=O)C1CCN(Cc2c(O)ccc3c(=O)c(-c4ccc(Br)cc4)c(C)oc23)CC1. The average molecular weight is 500 g/mol. The number of hydrogen-bond acceptors (Lipinski definition) is 6. The van der Waals surface area contributed by atoms with E-state index in [1.165, 1.54) is 0 Å². The highest BCUT2D eigenvalue weighted by atomic mass is 79.9. The molecule has 1 aliphatic heterocycles. The maximum absolute atomic E-state index is 13.4. The Labute approximate surface area is 194 Å². The van der Waals surface area contributed by atoms with Crippen molar-refractivity contribution in [1.82, 2.24) is 4.90 Å². The molecule has 0 spiro atoms. The minimum Gasteiger partial charge on any atom is -0.507 e. The van der Waals surface area contributed by atoms with Crippen molar-refractivity contribution in [3.05, 3.63) is 62.4 Å². The lowest BCUT2D eigenvalue weighted by Gasteiger charge is -2.31. The first-order valence-electron chi connectivity index (χ1n) is 10.8. The molecule has 6 nitrogen and oxygen atoms in total. The molecule has 1 saturated heterocycles. The van der Waals surface area contributed by atoms with E-state index in [1.54, 1.807) is 19.1 Å². The number of esters is 1. The van der Waals surface area contributed by atoms with Gasteiger partial charge in [0, 0.05) is 11.0 Å². The Morgan fingerprint density at radius 2 is 1.88 bits per heavy atom. The third kappa shape index (κ3) is 4.45. The number of phenolic OH excluding ortho intramolecular Hbond substituents is 1. The van der Waals surface area contributed by atoms with Crippen LogP contribution in [0.2, 0.25) is 0 Å². The molecule has 0 saturated carbocycles. The van der Waals surface area contributed by atoms with Gasteiger partial charge in [-0.3, -0.25) is 14.5 Å². The molecule has 0 aliphatic carbocycles. The zero-order chi connectivity index (χ0) is 22.8. The molecule has 32 heavy (non-hydrogen) atoms. The quantitative estimate of drug-likeness (QED) is 0.496. The molecule has 0 atom stereocenters. The lowest BCUT2D eigenvalue weighted by atomic mass is 9.96. The molecule has 1 N–H and O–H groups in total. The van der Waals surface area contributed by atoms with Gasteiger partial charge in [-0.1, -0.05) is 28.1 Å². The van der Waals surface area contributed by atoms with Crippen molar-refractivity contribution in [2.75, 3.05) is 19.7 Å². The molecule has 168 valence electrons. The summed E-state index contributed by atoms with van der Waals surface area (Å²) in [6.07, 6.45) is 1.42. The molecule has 2 heterocycles. The van der Waals surface area contributed by atoms with Gasteiger partial charge in [-0.15, -0.1) is 0 Å². The van der Waals surface area contributed by atoms with Crippen LogP contribution < -0.4 is 5.43 Å². The predicted molar refractivity (Wildman–Crippen MR) is 127 cm³/mol. The first kappa shape index (κ1) is 22.6. The Morgan fingerprint density at radius 1 is 1.19 bits per heavy atom. The van der Waals surface area contributed by atoms with Crippen LogP contribution in [0.3, 0.4) is 0 Å². The van der Waals surface area contributed by atoms with Crippen LogP contribution in [0, 0.1) is 12.8 Å². The summed E-state index contributed by atoms with van der Waals surface area (Å²) in [5, 5.41) is 11.0. The fourth-order valence-electron chi connectivity index (χ4n) is 4.33. The number of piperidine rings is 1. The number of nitrogens with zero attached hydrogens (tertiary/aromatic N) is 1. The summed E-state index contributed by atoms with van der Waals surface area (Å²) >= 11 is 3.42. The number of fused-ring (bicyclic) bond motifs is 1. The van der Waals surface area contributed by atoms with Crippen LogP contribution in [0.5, 0.6) is 5.75 Å². The minimum atomic E-state index is -0.137. The summed E-state index contributed by atoms with van der Waals surface area (Å²) in [4.78, 5) is 27.5. The number of hydrogen-bond donors (Lipinski definition) is 1. The minimum absolute atomic E-state index is 0.0824. The first-order valence-corrected chi connectivity index (χ1v) is 11.6. The number of carbonyl (C=O) groups excluding carboxylic acids is 1. The highest BCUT2D eigenvalue weighted by Crippen LogP contribution is 2.32. The maximum atomic E-state index is 13.4. The molecule has 3 aromatic rings. The van der Waals surface area contributed by atoms with E-state index < -0.39 is 0 Å². The van der Waals surface area contributed by atoms with Crippen LogP contribution in [0.25, 0.3) is 22.1 Å².